The van der Waals surface area contributed by atoms with E-state index in [9.17, 15) is 9.59 Å². The molecule has 0 aliphatic carbocycles. The van der Waals surface area contributed by atoms with Gasteiger partial charge in [-0.15, -0.1) is 0 Å². The molecule has 2 rings (SSSR count). The van der Waals surface area contributed by atoms with Crippen molar-refractivity contribution in [2.75, 3.05) is 26.2 Å². The summed E-state index contributed by atoms with van der Waals surface area (Å²) in [6.45, 7) is 8.08. The van der Waals surface area contributed by atoms with Crippen LogP contribution in [0.25, 0.3) is 0 Å². The van der Waals surface area contributed by atoms with E-state index in [1.165, 1.54) is 0 Å². The second kappa shape index (κ2) is 8.71. The topological polar surface area (TPSA) is 79.9 Å². The van der Waals surface area contributed by atoms with E-state index in [0.29, 0.717) is 26.2 Å². The number of likely N-dealkylation sites (tertiary alicyclic amines) is 1. The molecule has 1 aliphatic rings. The van der Waals surface area contributed by atoms with Gasteiger partial charge in [-0.3, -0.25) is 0 Å². The normalized spacial score (nSPS) is 14.6. The number of alkyl carbamates (subject to hydrolysis) is 1. The van der Waals surface area contributed by atoms with E-state index in [0.717, 1.165) is 5.56 Å². The maximum atomic E-state index is 11.9. The summed E-state index contributed by atoms with van der Waals surface area (Å²) in [5.74, 6) is 0. The van der Waals surface area contributed by atoms with Gasteiger partial charge in [0.15, 0.2) is 0 Å². The Morgan fingerprint density at radius 1 is 1.16 bits per heavy atom. The quantitative estimate of drug-likeness (QED) is 0.769. The van der Waals surface area contributed by atoms with E-state index in [1.807, 2.05) is 51.1 Å². The highest BCUT2D eigenvalue weighted by molar-refractivity contribution is 5.69. The van der Waals surface area contributed by atoms with Crippen LogP contribution in [0.15, 0.2) is 30.3 Å². The number of benzene rings is 1. The lowest BCUT2D eigenvalue weighted by Gasteiger charge is -2.38. The van der Waals surface area contributed by atoms with Gasteiger partial charge in [0.25, 0.3) is 0 Å². The lowest BCUT2D eigenvalue weighted by molar-refractivity contribution is 0.0522. The average Bonchev–Trinajstić information content (AvgIpc) is 2.50. The lowest BCUT2D eigenvalue weighted by atomic mass is 10.1. The molecule has 7 heteroatoms. The van der Waals surface area contributed by atoms with Gasteiger partial charge in [0.1, 0.15) is 12.2 Å². The zero-order valence-corrected chi connectivity index (χ0v) is 15.1. The molecular formula is C18H27N3O4. The molecule has 2 N–H and O–H groups in total. The second-order valence-corrected chi connectivity index (χ2v) is 7.02. The third-order valence-corrected chi connectivity index (χ3v) is 3.57. The van der Waals surface area contributed by atoms with E-state index >= 15 is 0 Å². The van der Waals surface area contributed by atoms with Crippen LogP contribution < -0.4 is 10.6 Å². The molecule has 0 unspecified atom stereocenters. The van der Waals surface area contributed by atoms with Crippen molar-refractivity contribution in [2.45, 2.75) is 39.0 Å². The van der Waals surface area contributed by atoms with E-state index in [1.54, 1.807) is 4.90 Å². The van der Waals surface area contributed by atoms with Crippen LogP contribution in [0.3, 0.4) is 0 Å². The van der Waals surface area contributed by atoms with Gasteiger partial charge < -0.3 is 25.0 Å². The smallest absolute Gasteiger partial charge is 0.410 e. The van der Waals surface area contributed by atoms with Gasteiger partial charge in [-0.25, -0.2) is 9.59 Å². The monoisotopic (exact) mass is 349 g/mol. The van der Waals surface area contributed by atoms with E-state index in [4.69, 9.17) is 9.47 Å². The molecule has 138 valence electrons. The molecule has 0 spiro atoms. The number of carbonyl (C=O) groups excluding carboxylic acids is 2. The Bertz CT molecular complexity index is 565. The van der Waals surface area contributed by atoms with Crippen LogP contribution in [0.2, 0.25) is 0 Å². The number of ether oxygens (including phenoxy) is 2. The highest BCUT2D eigenvalue weighted by atomic mass is 16.6. The minimum atomic E-state index is -0.494. The third-order valence-electron chi connectivity index (χ3n) is 3.57. The van der Waals surface area contributed by atoms with Crippen molar-refractivity contribution in [3.63, 3.8) is 0 Å². The van der Waals surface area contributed by atoms with E-state index < -0.39 is 11.7 Å². The number of hydrogen-bond donors (Lipinski definition) is 2. The van der Waals surface area contributed by atoms with Crippen molar-refractivity contribution >= 4 is 12.2 Å². The predicted octanol–water partition coefficient (Wildman–Crippen LogP) is 2.12. The highest BCUT2D eigenvalue weighted by Gasteiger charge is 2.31. The molecule has 1 saturated heterocycles. The van der Waals surface area contributed by atoms with Gasteiger partial charge in [-0.2, -0.15) is 0 Å². The van der Waals surface area contributed by atoms with Gasteiger partial charge >= 0.3 is 12.2 Å². The fraction of sp³-hybridized carbons (Fsp3) is 0.556. The summed E-state index contributed by atoms with van der Waals surface area (Å²) in [4.78, 5) is 25.0. The summed E-state index contributed by atoms with van der Waals surface area (Å²) in [5.41, 5.74) is 0.478. The fourth-order valence-electron chi connectivity index (χ4n) is 2.32. The van der Waals surface area contributed by atoms with Crippen molar-refractivity contribution in [3.8, 4) is 0 Å². The SMILES string of the molecule is CC(C)(C)OC(=O)NCCNC1CN(C(=O)OCc2ccccc2)C1. The standard InChI is InChI=1S/C18H27N3O4/c1-18(2,3)25-16(22)20-10-9-19-15-11-21(12-15)17(23)24-13-14-7-5-4-6-8-14/h4-8,15,19H,9-13H2,1-3H3,(H,20,22). The number of amides is 2. The largest absolute Gasteiger partial charge is 0.445 e. The van der Waals surface area contributed by atoms with Crippen molar-refractivity contribution in [1.82, 2.24) is 15.5 Å². The Kier molecular flexibility index (Phi) is 6.64. The van der Waals surface area contributed by atoms with Crippen LogP contribution >= 0.6 is 0 Å². The first-order chi connectivity index (χ1) is 11.8. The molecule has 1 fully saturated rings. The second-order valence-electron chi connectivity index (χ2n) is 7.02. The van der Waals surface area contributed by atoms with Gasteiger partial charge in [-0.1, -0.05) is 30.3 Å². The van der Waals surface area contributed by atoms with E-state index in [-0.39, 0.29) is 18.7 Å². The Balaban J connectivity index is 1.52. The summed E-state index contributed by atoms with van der Waals surface area (Å²) in [5, 5.41) is 5.96. The van der Waals surface area contributed by atoms with Crippen LogP contribution in [-0.2, 0) is 16.1 Å². The molecule has 2 amide bonds. The Morgan fingerprint density at radius 2 is 1.84 bits per heavy atom. The minimum absolute atomic E-state index is 0.227. The zero-order chi connectivity index (χ0) is 18.3. The molecule has 0 bridgehead atoms. The first-order valence-corrected chi connectivity index (χ1v) is 8.49. The maximum Gasteiger partial charge on any atom is 0.410 e. The van der Waals surface area contributed by atoms with Crippen LogP contribution in [0.1, 0.15) is 26.3 Å². The summed E-state index contributed by atoms with van der Waals surface area (Å²) in [6, 6.07) is 9.83. The van der Waals surface area contributed by atoms with Crippen LogP contribution in [0.5, 0.6) is 0 Å². The van der Waals surface area contributed by atoms with Crippen molar-refractivity contribution in [2.24, 2.45) is 0 Å². The van der Waals surface area contributed by atoms with Crippen LogP contribution in [-0.4, -0.2) is 54.9 Å². The zero-order valence-electron chi connectivity index (χ0n) is 15.1. The van der Waals surface area contributed by atoms with Crippen LogP contribution in [0, 0.1) is 0 Å². The fourth-order valence-corrected chi connectivity index (χ4v) is 2.32. The highest BCUT2D eigenvalue weighted by Crippen LogP contribution is 2.11. The van der Waals surface area contributed by atoms with E-state index in [2.05, 4.69) is 10.6 Å². The predicted molar refractivity (Wildman–Crippen MR) is 94.2 cm³/mol. The number of nitrogens with one attached hydrogen (secondary N) is 2. The van der Waals surface area contributed by atoms with Gasteiger partial charge in [0.05, 0.1) is 0 Å². The summed E-state index contributed by atoms with van der Waals surface area (Å²) in [6.07, 6.45) is -0.720. The number of carbonyl (C=O) groups is 2. The Labute approximate surface area is 148 Å². The summed E-state index contributed by atoms with van der Waals surface area (Å²) < 4.78 is 10.4. The molecule has 1 heterocycles. The Morgan fingerprint density at radius 3 is 2.48 bits per heavy atom. The van der Waals surface area contributed by atoms with Crippen LogP contribution in [0.4, 0.5) is 9.59 Å². The third kappa shape index (κ3) is 7.01. The average molecular weight is 349 g/mol. The molecule has 0 radical (unpaired) electrons. The van der Waals surface area contributed by atoms with Crippen molar-refractivity contribution in [1.29, 1.82) is 0 Å². The molecule has 1 aromatic rings. The molecule has 7 nitrogen and oxygen atoms in total. The lowest BCUT2D eigenvalue weighted by Crippen LogP contribution is -2.60. The summed E-state index contributed by atoms with van der Waals surface area (Å²) in [7, 11) is 0. The minimum Gasteiger partial charge on any atom is -0.445 e. The Hall–Kier alpha value is -2.28. The first kappa shape index (κ1) is 19.1. The van der Waals surface area contributed by atoms with Crippen molar-refractivity contribution < 1.29 is 19.1 Å². The van der Waals surface area contributed by atoms with Gasteiger partial charge in [0, 0.05) is 32.2 Å². The maximum absolute atomic E-state index is 11.9. The molecule has 25 heavy (non-hydrogen) atoms. The number of hydrogen-bond acceptors (Lipinski definition) is 5. The number of nitrogens with zero attached hydrogens (tertiary/aromatic N) is 1. The van der Waals surface area contributed by atoms with Crippen molar-refractivity contribution in [3.05, 3.63) is 35.9 Å². The molecule has 0 aromatic heterocycles. The molecule has 0 saturated carbocycles. The molecular weight excluding hydrogens is 322 g/mol. The van der Waals surface area contributed by atoms with Gasteiger partial charge in [-0.05, 0) is 26.3 Å². The first-order valence-electron chi connectivity index (χ1n) is 8.49. The molecule has 0 atom stereocenters. The summed E-state index contributed by atoms with van der Waals surface area (Å²) >= 11 is 0. The van der Waals surface area contributed by atoms with Gasteiger partial charge in [0.2, 0.25) is 0 Å². The molecule has 1 aliphatic heterocycles. The number of rotatable bonds is 6. The molecule has 1 aromatic carbocycles.